The standard InChI is InChI=1S/C15H14BrClN2O3S/c1-19(23(21,22)14-5-3-2-4-13(14)16)10-15(20)18-12-8-6-11(17)7-9-12/h2-9H,10H2,1H3,(H,18,20). The molecule has 0 aliphatic heterocycles. The predicted molar refractivity (Wildman–Crippen MR) is 94.0 cm³/mol. The molecule has 0 aliphatic rings. The van der Waals surface area contributed by atoms with Gasteiger partial charge in [-0.15, -0.1) is 0 Å². The molecule has 122 valence electrons. The molecule has 0 radical (unpaired) electrons. The molecule has 1 amide bonds. The van der Waals surface area contributed by atoms with E-state index in [4.69, 9.17) is 11.6 Å². The van der Waals surface area contributed by atoms with Gasteiger partial charge in [0.25, 0.3) is 0 Å². The van der Waals surface area contributed by atoms with Gasteiger partial charge in [0.1, 0.15) is 0 Å². The van der Waals surface area contributed by atoms with Crippen molar-refractivity contribution in [3.05, 3.63) is 58.0 Å². The normalized spacial score (nSPS) is 11.5. The van der Waals surface area contributed by atoms with E-state index in [9.17, 15) is 13.2 Å². The number of sulfonamides is 1. The van der Waals surface area contributed by atoms with E-state index in [0.29, 0.717) is 15.2 Å². The van der Waals surface area contributed by atoms with Crippen molar-refractivity contribution in [2.24, 2.45) is 0 Å². The first-order valence-corrected chi connectivity index (χ1v) is 9.18. The van der Waals surface area contributed by atoms with E-state index in [1.807, 2.05) is 0 Å². The Labute approximate surface area is 148 Å². The van der Waals surface area contributed by atoms with Gasteiger partial charge >= 0.3 is 0 Å². The van der Waals surface area contributed by atoms with Gasteiger partial charge < -0.3 is 5.32 Å². The smallest absolute Gasteiger partial charge is 0.244 e. The van der Waals surface area contributed by atoms with Crippen LogP contribution in [0.1, 0.15) is 0 Å². The molecular formula is C15H14BrClN2O3S. The molecule has 2 aromatic rings. The summed E-state index contributed by atoms with van der Waals surface area (Å²) in [6.07, 6.45) is 0. The molecule has 23 heavy (non-hydrogen) atoms. The van der Waals surface area contributed by atoms with Crippen LogP contribution < -0.4 is 5.32 Å². The topological polar surface area (TPSA) is 66.5 Å². The van der Waals surface area contributed by atoms with Crippen molar-refractivity contribution in [2.75, 3.05) is 18.9 Å². The van der Waals surface area contributed by atoms with Crippen LogP contribution in [0.4, 0.5) is 5.69 Å². The van der Waals surface area contributed by atoms with E-state index in [-0.39, 0.29) is 11.4 Å². The SMILES string of the molecule is CN(CC(=O)Nc1ccc(Cl)cc1)S(=O)(=O)c1ccccc1Br. The molecule has 0 spiro atoms. The van der Waals surface area contributed by atoms with E-state index < -0.39 is 15.9 Å². The lowest BCUT2D eigenvalue weighted by atomic mass is 10.3. The highest BCUT2D eigenvalue weighted by atomic mass is 79.9. The Morgan fingerprint density at radius 2 is 1.78 bits per heavy atom. The van der Waals surface area contributed by atoms with Crippen molar-refractivity contribution in [3.8, 4) is 0 Å². The lowest BCUT2D eigenvalue weighted by Crippen LogP contribution is -2.35. The number of rotatable bonds is 5. The first-order valence-electron chi connectivity index (χ1n) is 6.57. The molecule has 0 aliphatic carbocycles. The Balaban J connectivity index is 2.08. The molecular weight excluding hydrogens is 404 g/mol. The second kappa shape index (κ2) is 7.44. The van der Waals surface area contributed by atoms with Crippen LogP contribution in [-0.4, -0.2) is 32.2 Å². The number of nitrogens with zero attached hydrogens (tertiary/aromatic N) is 1. The van der Waals surface area contributed by atoms with Gasteiger partial charge in [0.15, 0.2) is 0 Å². The average Bonchev–Trinajstić information content (AvgIpc) is 2.49. The summed E-state index contributed by atoms with van der Waals surface area (Å²) in [5.74, 6) is -0.439. The molecule has 0 heterocycles. The first kappa shape index (κ1) is 17.9. The monoisotopic (exact) mass is 416 g/mol. The largest absolute Gasteiger partial charge is 0.325 e. The number of nitrogens with one attached hydrogen (secondary N) is 1. The highest BCUT2D eigenvalue weighted by molar-refractivity contribution is 9.10. The maximum absolute atomic E-state index is 12.5. The van der Waals surface area contributed by atoms with Crippen molar-refractivity contribution in [1.82, 2.24) is 4.31 Å². The number of likely N-dealkylation sites (N-methyl/N-ethyl adjacent to an activating group) is 1. The van der Waals surface area contributed by atoms with Crippen LogP contribution in [-0.2, 0) is 14.8 Å². The van der Waals surface area contributed by atoms with Gasteiger partial charge in [-0.1, -0.05) is 23.7 Å². The van der Waals surface area contributed by atoms with Gasteiger partial charge in [-0.05, 0) is 52.3 Å². The quantitative estimate of drug-likeness (QED) is 0.811. The number of hydrogen-bond donors (Lipinski definition) is 1. The highest BCUT2D eigenvalue weighted by Gasteiger charge is 2.24. The molecule has 0 aromatic heterocycles. The van der Waals surface area contributed by atoms with E-state index >= 15 is 0 Å². The third-order valence-corrected chi connectivity index (χ3v) is 6.09. The molecule has 0 bridgehead atoms. The van der Waals surface area contributed by atoms with Crippen LogP contribution in [0.3, 0.4) is 0 Å². The fourth-order valence-electron chi connectivity index (χ4n) is 1.84. The fraction of sp³-hybridized carbons (Fsp3) is 0.133. The summed E-state index contributed by atoms with van der Waals surface area (Å²) in [6.45, 7) is -0.299. The highest BCUT2D eigenvalue weighted by Crippen LogP contribution is 2.23. The lowest BCUT2D eigenvalue weighted by molar-refractivity contribution is -0.116. The van der Waals surface area contributed by atoms with Crippen molar-refractivity contribution in [2.45, 2.75) is 4.90 Å². The van der Waals surface area contributed by atoms with Crippen molar-refractivity contribution >= 4 is 49.1 Å². The summed E-state index contributed by atoms with van der Waals surface area (Å²) >= 11 is 8.98. The molecule has 0 saturated heterocycles. The van der Waals surface area contributed by atoms with Crippen molar-refractivity contribution in [1.29, 1.82) is 0 Å². The first-order chi connectivity index (χ1) is 10.8. The molecule has 1 N–H and O–H groups in total. The number of amides is 1. The van der Waals surface area contributed by atoms with E-state index in [1.54, 1.807) is 42.5 Å². The zero-order chi connectivity index (χ0) is 17.0. The number of carbonyl (C=O) groups excluding carboxylic acids is 1. The van der Waals surface area contributed by atoms with Crippen LogP contribution in [0.25, 0.3) is 0 Å². The number of halogens is 2. The van der Waals surface area contributed by atoms with Gasteiger partial charge in [0, 0.05) is 22.2 Å². The van der Waals surface area contributed by atoms with Crippen LogP contribution in [0.2, 0.25) is 5.02 Å². The second-order valence-corrected chi connectivity index (χ2v) is 8.05. The second-order valence-electron chi connectivity index (χ2n) is 4.75. The Hall–Kier alpha value is -1.41. The summed E-state index contributed by atoms with van der Waals surface area (Å²) in [6, 6.07) is 13.0. The molecule has 2 aromatic carbocycles. The maximum atomic E-state index is 12.5. The molecule has 0 unspecified atom stereocenters. The summed E-state index contributed by atoms with van der Waals surface area (Å²) in [7, 11) is -2.40. The Morgan fingerprint density at radius 1 is 1.17 bits per heavy atom. The summed E-state index contributed by atoms with van der Waals surface area (Å²) in [5.41, 5.74) is 0.547. The molecule has 8 heteroatoms. The third kappa shape index (κ3) is 4.54. The van der Waals surface area contributed by atoms with Crippen LogP contribution in [0.15, 0.2) is 57.9 Å². The number of hydrogen-bond acceptors (Lipinski definition) is 3. The Kier molecular flexibility index (Phi) is 5.80. The Bertz CT molecular complexity index is 810. The molecule has 0 atom stereocenters. The number of carbonyl (C=O) groups is 1. The zero-order valence-corrected chi connectivity index (χ0v) is 15.3. The minimum Gasteiger partial charge on any atom is -0.325 e. The summed E-state index contributed by atoms with van der Waals surface area (Å²) in [5, 5.41) is 3.18. The van der Waals surface area contributed by atoms with Crippen molar-refractivity contribution < 1.29 is 13.2 Å². The lowest BCUT2D eigenvalue weighted by Gasteiger charge is -2.17. The van der Waals surface area contributed by atoms with Gasteiger partial charge in [-0.2, -0.15) is 4.31 Å². The average molecular weight is 418 g/mol. The van der Waals surface area contributed by atoms with Gasteiger partial charge in [-0.3, -0.25) is 4.79 Å². The van der Waals surface area contributed by atoms with E-state index in [1.165, 1.54) is 13.1 Å². The molecule has 2 rings (SSSR count). The third-order valence-electron chi connectivity index (χ3n) is 3.02. The van der Waals surface area contributed by atoms with Crippen LogP contribution in [0, 0.1) is 0 Å². The van der Waals surface area contributed by atoms with Gasteiger partial charge in [0.05, 0.1) is 11.4 Å². The van der Waals surface area contributed by atoms with E-state index in [2.05, 4.69) is 21.2 Å². The molecule has 0 fully saturated rings. The Morgan fingerprint density at radius 3 is 2.39 bits per heavy atom. The van der Waals surface area contributed by atoms with Crippen molar-refractivity contribution in [3.63, 3.8) is 0 Å². The molecule has 0 saturated carbocycles. The minimum absolute atomic E-state index is 0.113. The van der Waals surface area contributed by atoms with Gasteiger partial charge in [0.2, 0.25) is 15.9 Å². The van der Waals surface area contributed by atoms with E-state index in [0.717, 1.165) is 4.31 Å². The number of benzene rings is 2. The van der Waals surface area contributed by atoms with Crippen LogP contribution in [0.5, 0.6) is 0 Å². The number of anilines is 1. The predicted octanol–water partition coefficient (Wildman–Crippen LogP) is 3.36. The molecule has 5 nitrogen and oxygen atoms in total. The maximum Gasteiger partial charge on any atom is 0.244 e. The van der Waals surface area contributed by atoms with Crippen LogP contribution >= 0.6 is 27.5 Å². The fourth-order valence-corrected chi connectivity index (χ4v) is 4.06. The minimum atomic E-state index is -3.76. The van der Waals surface area contributed by atoms with Gasteiger partial charge in [-0.25, -0.2) is 8.42 Å². The summed E-state index contributed by atoms with van der Waals surface area (Å²) < 4.78 is 26.4. The zero-order valence-electron chi connectivity index (χ0n) is 12.2. The summed E-state index contributed by atoms with van der Waals surface area (Å²) in [4.78, 5) is 12.1.